The van der Waals surface area contributed by atoms with Crippen LogP contribution in [0.2, 0.25) is 5.02 Å². The maximum absolute atomic E-state index is 13.8. The van der Waals surface area contributed by atoms with Crippen LogP contribution in [0.3, 0.4) is 0 Å². The molecule has 0 bridgehead atoms. The summed E-state index contributed by atoms with van der Waals surface area (Å²) in [7, 11) is 1.46. The van der Waals surface area contributed by atoms with Gasteiger partial charge in [0.2, 0.25) is 5.91 Å². The van der Waals surface area contributed by atoms with Crippen LogP contribution in [-0.4, -0.2) is 25.5 Å². The molecule has 0 aliphatic carbocycles. The van der Waals surface area contributed by atoms with E-state index in [-0.39, 0.29) is 16.3 Å². The minimum atomic E-state index is -0.606. The largest absolute Gasteiger partial charge is 0.493 e. The van der Waals surface area contributed by atoms with Crippen molar-refractivity contribution in [2.24, 2.45) is 5.92 Å². The molecule has 8 heteroatoms. The smallest absolute Gasteiger partial charge is 0.255 e. The molecule has 0 heterocycles. The van der Waals surface area contributed by atoms with E-state index in [1.807, 2.05) is 0 Å². The first-order valence-electron chi connectivity index (χ1n) is 9.10. The Morgan fingerprint density at radius 1 is 1.17 bits per heavy atom. The summed E-state index contributed by atoms with van der Waals surface area (Å²) in [4.78, 5) is 23.8. The van der Waals surface area contributed by atoms with Gasteiger partial charge in [-0.15, -0.1) is 0 Å². The van der Waals surface area contributed by atoms with Gasteiger partial charge < -0.3 is 20.1 Å². The van der Waals surface area contributed by atoms with Crippen LogP contribution in [-0.2, 0) is 4.79 Å². The second-order valence-corrected chi connectivity index (χ2v) is 7.26. The van der Waals surface area contributed by atoms with Crippen LogP contribution in [0, 0.1) is 11.7 Å². The molecule has 0 unspecified atom stereocenters. The molecule has 156 valence electrons. The molecule has 0 spiro atoms. The summed E-state index contributed by atoms with van der Waals surface area (Å²) in [6.07, 6.45) is 0.850. The molecule has 0 aliphatic rings. The maximum atomic E-state index is 13.8. The summed E-state index contributed by atoms with van der Waals surface area (Å²) >= 11 is 6.30. The van der Waals surface area contributed by atoms with Crippen molar-refractivity contribution in [2.75, 3.05) is 24.4 Å². The van der Waals surface area contributed by atoms with Crippen molar-refractivity contribution in [3.8, 4) is 11.5 Å². The fraction of sp³-hybridized carbons (Fsp3) is 0.333. The van der Waals surface area contributed by atoms with Crippen molar-refractivity contribution >= 4 is 34.8 Å². The molecule has 0 fully saturated rings. The standard InChI is InChI=1S/C21H24ClFN2O4/c1-12(2)7-8-29-20-16(22)9-14(10-19(20)28-4)21(27)25-15-5-6-17(23)18(11-15)24-13(3)26/h5-6,9-12H,7-8H2,1-4H3,(H,24,26)(H,25,27). The number of halogens is 2. The van der Waals surface area contributed by atoms with E-state index in [0.717, 1.165) is 12.5 Å². The van der Waals surface area contributed by atoms with Gasteiger partial charge in [0.25, 0.3) is 5.91 Å². The van der Waals surface area contributed by atoms with Crippen molar-refractivity contribution in [2.45, 2.75) is 27.2 Å². The van der Waals surface area contributed by atoms with E-state index in [2.05, 4.69) is 24.5 Å². The van der Waals surface area contributed by atoms with Gasteiger partial charge in [-0.25, -0.2) is 4.39 Å². The normalized spacial score (nSPS) is 10.6. The Bertz CT molecular complexity index is 902. The number of methoxy groups -OCH3 is 1. The highest BCUT2D eigenvalue weighted by Crippen LogP contribution is 2.37. The molecule has 0 aromatic heterocycles. The van der Waals surface area contributed by atoms with Gasteiger partial charge >= 0.3 is 0 Å². The molecular weight excluding hydrogens is 399 g/mol. The predicted octanol–water partition coefficient (Wildman–Crippen LogP) is 5.12. The van der Waals surface area contributed by atoms with Gasteiger partial charge in [0, 0.05) is 18.2 Å². The summed E-state index contributed by atoms with van der Waals surface area (Å²) < 4.78 is 24.8. The molecule has 0 aliphatic heterocycles. The average Bonchev–Trinajstić information content (AvgIpc) is 2.64. The van der Waals surface area contributed by atoms with Crippen LogP contribution in [0.4, 0.5) is 15.8 Å². The van der Waals surface area contributed by atoms with Crippen LogP contribution in [0.1, 0.15) is 37.6 Å². The SMILES string of the molecule is COc1cc(C(=O)Nc2ccc(F)c(NC(C)=O)c2)cc(Cl)c1OCCC(C)C. The van der Waals surface area contributed by atoms with E-state index in [1.165, 1.54) is 38.3 Å². The van der Waals surface area contributed by atoms with Gasteiger partial charge in [0.15, 0.2) is 11.5 Å². The van der Waals surface area contributed by atoms with E-state index in [4.69, 9.17) is 21.1 Å². The zero-order valence-electron chi connectivity index (χ0n) is 16.8. The number of hydrogen-bond donors (Lipinski definition) is 2. The number of amides is 2. The minimum Gasteiger partial charge on any atom is -0.493 e. The summed E-state index contributed by atoms with van der Waals surface area (Å²) in [6.45, 7) is 5.91. The third-order valence-corrected chi connectivity index (χ3v) is 4.25. The minimum absolute atomic E-state index is 0.0280. The molecule has 0 saturated heterocycles. The van der Waals surface area contributed by atoms with Crippen LogP contribution >= 0.6 is 11.6 Å². The molecule has 29 heavy (non-hydrogen) atoms. The number of carbonyl (C=O) groups is 2. The topological polar surface area (TPSA) is 76.7 Å². The molecule has 2 amide bonds. The number of benzene rings is 2. The first-order chi connectivity index (χ1) is 13.7. The quantitative estimate of drug-likeness (QED) is 0.618. The lowest BCUT2D eigenvalue weighted by Gasteiger charge is -2.15. The Morgan fingerprint density at radius 2 is 1.90 bits per heavy atom. The number of anilines is 2. The van der Waals surface area contributed by atoms with E-state index in [0.29, 0.717) is 29.7 Å². The van der Waals surface area contributed by atoms with E-state index in [1.54, 1.807) is 0 Å². The Hall–Kier alpha value is -2.80. The molecule has 0 radical (unpaired) electrons. The lowest BCUT2D eigenvalue weighted by atomic mass is 10.1. The Labute approximate surface area is 174 Å². The molecule has 2 aromatic carbocycles. The zero-order valence-corrected chi connectivity index (χ0v) is 17.5. The number of nitrogens with one attached hydrogen (secondary N) is 2. The Kier molecular flexibility index (Phi) is 7.84. The van der Waals surface area contributed by atoms with E-state index >= 15 is 0 Å². The highest BCUT2D eigenvalue weighted by Gasteiger charge is 2.17. The molecule has 0 saturated carbocycles. The fourth-order valence-electron chi connectivity index (χ4n) is 2.48. The first kappa shape index (κ1) is 22.5. The second-order valence-electron chi connectivity index (χ2n) is 6.85. The van der Waals surface area contributed by atoms with Crippen molar-refractivity contribution in [1.29, 1.82) is 0 Å². The molecular formula is C21H24ClFN2O4. The lowest BCUT2D eigenvalue weighted by Crippen LogP contribution is -2.14. The van der Waals surface area contributed by atoms with Gasteiger partial charge in [0.05, 0.1) is 24.4 Å². The highest BCUT2D eigenvalue weighted by atomic mass is 35.5. The Morgan fingerprint density at radius 3 is 2.52 bits per heavy atom. The number of carbonyl (C=O) groups excluding carboxylic acids is 2. The highest BCUT2D eigenvalue weighted by molar-refractivity contribution is 6.32. The van der Waals surface area contributed by atoms with Crippen LogP contribution in [0.25, 0.3) is 0 Å². The average molecular weight is 423 g/mol. The van der Waals surface area contributed by atoms with Gasteiger partial charge in [0.1, 0.15) is 5.82 Å². The lowest BCUT2D eigenvalue weighted by molar-refractivity contribution is -0.114. The van der Waals surface area contributed by atoms with Gasteiger partial charge in [-0.05, 0) is 42.7 Å². The van der Waals surface area contributed by atoms with Crippen molar-refractivity contribution in [1.82, 2.24) is 0 Å². The van der Waals surface area contributed by atoms with Crippen molar-refractivity contribution in [3.63, 3.8) is 0 Å². The third kappa shape index (κ3) is 6.35. The molecule has 2 aromatic rings. The summed E-state index contributed by atoms with van der Waals surface area (Å²) in [5.74, 6) is -0.310. The van der Waals surface area contributed by atoms with Crippen LogP contribution in [0.5, 0.6) is 11.5 Å². The van der Waals surface area contributed by atoms with Crippen molar-refractivity contribution in [3.05, 3.63) is 46.7 Å². The summed E-state index contributed by atoms with van der Waals surface area (Å²) in [5.41, 5.74) is 0.528. The van der Waals surface area contributed by atoms with Gasteiger partial charge in [-0.1, -0.05) is 25.4 Å². The number of rotatable bonds is 8. The van der Waals surface area contributed by atoms with Crippen molar-refractivity contribution < 1.29 is 23.5 Å². The Balaban J connectivity index is 2.20. The van der Waals surface area contributed by atoms with Gasteiger partial charge in [-0.3, -0.25) is 9.59 Å². The van der Waals surface area contributed by atoms with E-state index < -0.39 is 17.6 Å². The molecule has 0 atom stereocenters. The monoisotopic (exact) mass is 422 g/mol. The first-order valence-corrected chi connectivity index (χ1v) is 9.48. The van der Waals surface area contributed by atoms with Crippen LogP contribution < -0.4 is 20.1 Å². The summed E-state index contributed by atoms with van der Waals surface area (Å²) in [6, 6.07) is 6.87. The fourth-order valence-corrected chi connectivity index (χ4v) is 2.74. The summed E-state index contributed by atoms with van der Waals surface area (Å²) in [5, 5.41) is 5.26. The molecule has 2 rings (SSSR count). The molecule has 6 nitrogen and oxygen atoms in total. The number of ether oxygens (including phenoxy) is 2. The maximum Gasteiger partial charge on any atom is 0.255 e. The van der Waals surface area contributed by atoms with Gasteiger partial charge in [-0.2, -0.15) is 0 Å². The second kappa shape index (κ2) is 10.1. The zero-order chi connectivity index (χ0) is 21.6. The van der Waals surface area contributed by atoms with E-state index in [9.17, 15) is 14.0 Å². The number of hydrogen-bond acceptors (Lipinski definition) is 4. The third-order valence-electron chi connectivity index (χ3n) is 3.97. The predicted molar refractivity (Wildman–Crippen MR) is 112 cm³/mol. The van der Waals surface area contributed by atoms with Crippen LogP contribution in [0.15, 0.2) is 30.3 Å². The molecule has 2 N–H and O–H groups in total.